The first-order valence-corrected chi connectivity index (χ1v) is 10.1. The zero-order valence-corrected chi connectivity index (χ0v) is 16.6. The topological polar surface area (TPSA) is 78.3 Å². The Kier molecular flexibility index (Phi) is 5.21. The van der Waals surface area contributed by atoms with Gasteiger partial charge in [0, 0.05) is 36.9 Å². The molecule has 0 radical (unpaired) electrons. The number of hydrogen-bond acceptors (Lipinski definition) is 4. The summed E-state index contributed by atoms with van der Waals surface area (Å²) in [7, 11) is 0. The Bertz CT molecular complexity index is 846. The Morgan fingerprint density at radius 2 is 1.96 bits per heavy atom. The molecule has 1 aromatic heterocycles. The standard InChI is InChI=1S/C19H27N3O3S/c1-13(23)21-9-7-14(8-10-21)12-22-17-6-5-15(26(24)25)11-16(17)20-18(22)19(2,3)4/h5-6,11,14H,7-10,12H2,1-4H3,(H,24,25)/p-1. The van der Waals surface area contributed by atoms with Crippen LogP contribution in [0, 0.1) is 5.92 Å². The number of carbonyl (C=O) groups excluding carboxylic acids is 1. The first kappa shape index (κ1) is 19.0. The largest absolute Gasteiger partial charge is 0.768 e. The summed E-state index contributed by atoms with van der Waals surface area (Å²) in [4.78, 5) is 18.5. The molecule has 1 atom stereocenters. The molecular formula is C19H26N3O3S-. The second-order valence-corrected chi connectivity index (χ2v) is 9.07. The predicted octanol–water partition coefficient (Wildman–Crippen LogP) is 2.83. The Labute approximate surface area is 156 Å². The molecule has 2 aromatic rings. The van der Waals surface area contributed by atoms with Crippen molar-refractivity contribution in [1.29, 1.82) is 0 Å². The molecule has 1 aromatic carbocycles. The van der Waals surface area contributed by atoms with Crippen molar-refractivity contribution in [2.24, 2.45) is 5.92 Å². The van der Waals surface area contributed by atoms with Crippen LogP contribution in [0.4, 0.5) is 0 Å². The second kappa shape index (κ2) is 7.12. The average molecular weight is 377 g/mol. The van der Waals surface area contributed by atoms with Crippen molar-refractivity contribution in [2.45, 2.75) is 57.4 Å². The zero-order valence-electron chi connectivity index (χ0n) is 15.8. The van der Waals surface area contributed by atoms with Gasteiger partial charge in [-0.2, -0.15) is 0 Å². The number of aromatic nitrogens is 2. The molecule has 1 aliphatic heterocycles. The maximum absolute atomic E-state index is 11.5. The van der Waals surface area contributed by atoms with E-state index in [4.69, 9.17) is 4.98 Å². The minimum absolute atomic E-state index is 0.143. The van der Waals surface area contributed by atoms with Crippen LogP contribution >= 0.6 is 0 Å². The Balaban J connectivity index is 1.93. The summed E-state index contributed by atoms with van der Waals surface area (Å²) >= 11 is -2.25. The third-order valence-electron chi connectivity index (χ3n) is 5.08. The van der Waals surface area contributed by atoms with Gasteiger partial charge in [0.1, 0.15) is 5.82 Å². The molecule has 1 saturated heterocycles. The first-order valence-electron chi connectivity index (χ1n) is 9.02. The Hall–Kier alpha value is -1.73. The van der Waals surface area contributed by atoms with Crippen molar-refractivity contribution in [3.05, 3.63) is 24.0 Å². The van der Waals surface area contributed by atoms with E-state index in [1.165, 1.54) is 0 Å². The number of imidazole rings is 1. The highest BCUT2D eigenvalue weighted by atomic mass is 32.2. The lowest BCUT2D eigenvalue weighted by atomic mass is 9.93. The van der Waals surface area contributed by atoms with Crippen LogP contribution in [0.2, 0.25) is 0 Å². The van der Waals surface area contributed by atoms with E-state index in [-0.39, 0.29) is 16.2 Å². The normalized spacial score (nSPS) is 17.7. The minimum Gasteiger partial charge on any atom is -0.768 e. The van der Waals surface area contributed by atoms with Crippen LogP contribution in [-0.4, -0.2) is 42.2 Å². The van der Waals surface area contributed by atoms with E-state index in [0.29, 0.717) is 5.92 Å². The quantitative estimate of drug-likeness (QED) is 0.772. The molecule has 0 N–H and O–H groups in total. The van der Waals surface area contributed by atoms with E-state index < -0.39 is 11.1 Å². The van der Waals surface area contributed by atoms with E-state index in [2.05, 4.69) is 25.3 Å². The summed E-state index contributed by atoms with van der Waals surface area (Å²) in [5.41, 5.74) is 1.55. The molecule has 1 aliphatic rings. The first-order chi connectivity index (χ1) is 12.2. The molecule has 0 bridgehead atoms. The van der Waals surface area contributed by atoms with Gasteiger partial charge in [0.15, 0.2) is 0 Å². The maximum Gasteiger partial charge on any atom is 0.219 e. The summed E-state index contributed by atoms with van der Waals surface area (Å²) < 4.78 is 24.8. The third-order valence-corrected chi connectivity index (χ3v) is 5.72. The number of likely N-dealkylation sites (tertiary alicyclic amines) is 1. The van der Waals surface area contributed by atoms with Gasteiger partial charge in [0.25, 0.3) is 0 Å². The Morgan fingerprint density at radius 1 is 1.31 bits per heavy atom. The van der Waals surface area contributed by atoms with E-state index in [1.807, 2.05) is 11.0 Å². The number of amides is 1. The molecular weight excluding hydrogens is 350 g/mol. The molecule has 6 nitrogen and oxygen atoms in total. The van der Waals surface area contributed by atoms with Gasteiger partial charge < -0.3 is 14.0 Å². The van der Waals surface area contributed by atoms with E-state index >= 15 is 0 Å². The average Bonchev–Trinajstić information content (AvgIpc) is 2.93. The van der Waals surface area contributed by atoms with E-state index in [9.17, 15) is 13.6 Å². The van der Waals surface area contributed by atoms with Crippen molar-refractivity contribution in [2.75, 3.05) is 13.1 Å². The lowest BCUT2D eigenvalue weighted by Gasteiger charge is -2.32. The maximum atomic E-state index is 11.5. The highest BCUT2D eigenvalue weighted by molar-refractivity contribution is 7.79. The fraction of sp³-hybridized carbons (Fsp3) is 0.579. The number of rotatable bonds is 3. The van der Waals surface area contributed by atoms with Crippen molar-refractivity contribution in [3.63, 3.8) is 0 Å². The molecule has 142 valence electrons. The lowest BCUT2D eigenvalue weighted by Crippen LogP contribution is -2.38. The Morgan fingerprint density at radius 3 is 2.50 bits per heavy atom. The number of benzene rings is 1. The fourth-order valence-corrected chi connectivity index (χ4v) is 4.05. The van der Waals surface area contributed by atoms with Gasteiger partial charge in [-0.15, -0.1) is 0 Å². The van der Waals surface area contributed by atoms with Crippen LogP contribution in [0.3, 0.4) is 0 Å². The molecule has 1 fully saturated rings. The number of carbonyl (C=O) groups is 1. The predicted molar refractivity (Wildman–Crippen MR) is 101 cm³/mol. The van der Waals surface area contributed by atoms with E-state index in [0.717, 1.165) is 49.3 Å². The third kappa shape index (κ3) is 3.83. The molecule has 1 amide bonds. The van der Waals surface area contributed by atoms with Crippen LogP contribution in [-0.2, 0) is 27.8 Å². The van der Waals surface area contributed by atoms with Gasteiger partial charge in [-0.3, -0.25) is 9.00 Å². The summed E-state index contributed by atoms with van der Waals surface area (Å²) in [5, 5.41) is 0. The summed E-state index contributed by atoms with van der Waals surface area (Å²) in [6.45, 7) is 10.4. The summed E-state index contributed by atoms with van der Waals surface area (Å²) in [5.74, 6) is 1.60. The van der Waals surface area contributed by atoms with Crippen molar-refractivity contribution in [3.8, 4) is 0 Å². The van der Waals surface area contributed by atoms with Gasteiger partial charge in [0.2, 0.25) is 5.91 Å². The van der Waals surface area contributed by atoms with Crippen LogP contribution in [0.15, 0.2) is 23.1 Å². The number of piperidine rings is 1. The van der Waals surface area contributed by atoms with Gasteiger partial charge >= 0.3 is 0 Å². The molecule has 26 heavy (non-hydrogen) atoms. The van der Waals surface area contributed by atoms with E-state index in [1.54, 1.807) is 19.1 Å². The van der Waals surface area contributed by atoms with Crippen LogP contribution in [0.5, 0.6) is 0 Å². The molecule has 3 rings (SSSR count). The molecule has 2 heterocycles. The minimum atomic E-state index is -2.25. The summed E-state index contributed by atoms with van der Waals surface area (Å²) in [6, 6.07) is 5.13. The van der Waals surface area contributed by atoms with Crippen LogP contribution in [0.25, 0.3) is 11.0 Å². The highest BCUT2D eigenvalue weighted by Gasteiger charge is 2.27. The lowest BCUT2D eigenvalue weighted by molar-refractivity contribution is -0.130. The van der Waals surface area contributed by atoms with Gasteiger partial charge in [-0.25, -0.2) is 4.98 Å². The van der Waals surface area contributed by atoms with Crippen LogP contribution < -0.4 is 0 Å². The number of hydrogen-bond donors (Lipinski definition) is 0. The molecule has 0 aliphatic carbocycles. The fourth-order valence-electron chi connectivity index (χ4n) is 3.66. The molecule has 1 unspecified atom stereocenters. The van der Waals surface area contributed by atoms with Gasteiger partial charge in [-0.1, -0.05) is 20.8 Å². The smallest absolute Gasteiger partial charge is 0.219 e. The second-order valence-electron chi connectivity index (χ2n) is 8.13. The molecule has 0 spiro atoms. The van der Waals surface area contributed by atoms with Gasteiger partial charge in [0.05, 0.1) is 11.0 Å². The highest BCUT2D eigenvalue weighted by Crippen LogP contribution is 2.30. The number of fused-ring (bicyclic) bond motifs is 1. The zero-order chi connectivity index (χ0) is 19.1. The van der Waals surface area contributed by atoms with Crippen LogP contribution in [0.1, 0.15) is 46.4 Å². The monoisotopic (exact) mass is 376 g/mol. The van der Waals surface area contributed by atoms with Gasteiger partial charge in [-0.05, 0) is 48.0 Å². The van der Waals surface area contributed by atoms with Crippen molar-refractivity contribution < 1.29 is 13.6 Å². The van der Waals surface area contributed by atoms with Crippen molar-refractivity contribution in [1.82, 2.24) is 14.5 Å². The molecule has 0 saturated carbocycles. The number of nitrogens with zero attached hydrogens (tertiary/aromatic N) is 3. The summed E-state index contributed by atoms with van der Waals surface area (Å²) in [6.07, 6.45) is 1.96. The van der Waals surface area contributed by atoms with Crippen molar-refractivity contribution >= 4 is 28.0 Å². The molecule has 7 heteroatoms. The SMILES string of the molecule is CC(=O)N1CCC(Cn2c(C(C)(C)C)nc3cc(S(=O)[O-])ccc32)CC1.